The van der Waals surface area contributed by atoms with Gasteiger partial charge in [-0.05, 0) is 57.3 Å². The molecule has 3 saturated heterocycles. The zero-order valence-electron chi connectivity index (χ0n) is 17.8. The van der Waals surface area contributed by atoms with E-state index in [1.807, 2.05) is 17.0 Å². The van der Waals surface area contributed by atoms with Gasteiger partial charge in [-0.1, -0.05) is 12.8 Å². The van der Waals surface area contributed by atoms with Crippen LogP contribution in [0.15, 0.2) is 18.3 Å². The summed E-state index contributed by atoms with van der Waals surface area (Å²) in [5, 5.41) is 0. The molecule has 3 aliphatic heterocycles. The van der Waals surface area contributed by atoms with E-state index in [9.17, 15) is 4.79 Å². The molecule has 1 spiro atoms. The molecule has 4 heterocycles. The van der Waals surface area contributed by atoms with Gasteiger partial charge in [0.1, 0.15) is 6.10 Å². The maximum atomic E-state index is 12.8. The third-order valence-corrected chi connectivity index (χ3v) is 6.71. The van der Waals surface area contributed by atoms with E-state index in [2.05, 4.69) is 16.8 Å². The lowest BCUT2D eigenvalue weighted by Crippen LogP contribution is -2.53. The molecule has 160 valence electrons. The second-order valence-corrected chi connectivity index (χ2v) is 9.01. The summed E-state index contributed by atoms with van der Waals surface area (Å²) in [7, 11) is 0. The van der Waals surface area contributed by atoms with E-state index < -0.39 is 0 Å². The summed E-state index contributed by atoms with van der Waals surface area (Å²) in [5.74, 6) is 0.992. The first-order valence-corrected chi connectivity index (χ1v) is 11.4. The van der Waals surface area contributed by atoms with Gasteiger partial charge in [-0.2, -0.15) is 0 Å². The van der Waals surface area contributed by atoms with Crippen molar-refractivity contribution >= 4 is 5.91 Å². The molecular weight excluding hydrogens is 366 g/mol. The summed E-state index contributed by atoms with van der Waals surface area (Å²) in [6.07, 6.45) is 10.6. The minimum Gasteiger partial charge on any atom is -0.474 e. The van der Waals surface area contributed by atoms with E-state index in [0.717, 1.165) is 64.0 Å². The van der Waals surface area contributed by atoms with Crippen molar-refractivity contribution in [3.05, 3.63) is 23.9 Å². The smallest absolute Gasteiger partial charge is 0.236 e. The lowest BCUT2D eigenvalue weighted by Gasteiger charge is -2.46. The van der Waals surface area contributed by atoms with Gasteiger partial charge in [-0.3, -0.25) is 9.69 Å². The zero-order chi connectivity index (χ0) is 20.1. The highest BCUT2D eigenvalue weighted by Gasteiger charge is 2.42. The number of piperidine rings is 1. The topological polar surface area (TPSA) is 54.9 Å². The molecule has 3 aliphatic rings. The Bertz CT molecular complexity index is 680. The number of likely N-dealkylation sites (tertiary alicyclic amines) is 2. The molecule has 0 N–H and O–H groups in total. The molecule has 1 aromatic rings. The molecule has 6 heteroatoms. The number of hydrogen-bond acceptors (Lipinski definition) is 5. The number of pyridine rings is 1. The fourth-order valence-corrected chi connectivity index (χ4v) is 4.92. The summed E-state index contributed by atoms with van der Waals surface area (Å²) < 4.78 is 12.4. The first-order chi connectivity index (χ1) is 14.1. The first kappa shape index (κ1) is 20.6. The number of aryl methyl sites for hydroxylation is 1. The fraction of sp³-hybridized carbons (Fsp3) is 0.739. The summed E-state index contributed by atoms with van der Waals surface area (Å²) >= 11 is 0. The molecule has 0 radical (unpaired) electrons. The highest BCUT2D eigenvalue weighted by atomic mass is 16.5. The van der Waals surface area contributed by atoms with Crippen molar-refractivity contribution in [2.45, 2.75) is 70.0 Å². The summed E-state index contributed by atoms with van der Waals surface area (Å²) in [4.78, 5) is 21.5. The predicted octanol–water partition coefficient (Wildman–Crippen LogP) is 3.19. The van der Waals surface area contributed by atoms with Crippen LogP contribution in [-0.4, -0.2) is 71.7 Å². The Balaban J connectivity index is 1.27. The van der Waals surface area contributed by atoms with Crippen LogP contribution in [0.2, 0.25) is 0 Å². The number of aromatic nitrogens is 1. The van der Waals surface area contributed by atoms with Crippen molar-refractivity contribution in [2.24, 2.45) is 0 Å². The summed E-state index contributed by atoms with van der Waals surface area (Å²) in [6, 6.07) is 3.98. The second-order valence-electron chi connectivity index (χ2n) is 9.01. The van der Waals surface area contributed by atoms with Crippen LogP contribution in [0.5, 0.6) is 5.88 Å². The van der Waals surface area contributed by atoms with Crippen molar-refractivity contribution in [1.82, 2.24) is 14.8 Å². The highest BCUT2D eigenvalue weighted by Crippen LogP contribution is 2.36. The van der Waals surface area contributed by atoms with E-state index in [-0.39, 0.29) is 17.6 Å². The number of nitrogens with zero attached hydrogens (tertiary/aromatic N) is 3. The maximum absolute atomic E-state index is 12.8. The number of rotatable bonds is 4. The van der Waals surface area contributed by atoms with Crippen LogP contribution in [0.1, 0.15) is 56.9 Å². The summed E-state index contributed by atoms with van der Waals surface area (Å²) in [6.45, 7) is 7.08. The van der Waals surface area contributed by atoms with E-state index >= 15 is 0 Å². The Hall–Kier alpha value is -1.66. The Morgan fingerprint density at radius 2 is 1.97 bits per heavy atom. The van der Waals surface area contributed by atoms with Crippen molar-refractivity contribution < 1.29 is 14.3 Å². The molecule has 0 aliphatic carbocycles. The van der Waals surface area contributed by atoms with Gasteiger partial charge in [0.05, 0.1) is 18.8 Å². The maximum Gasteiger partial charge on any atom is 0.236 e. The Labute approximate surface area is 174 Å². The number of carbonyl (C=O) groups is 1. The van der Waals surface area contributed by atoms with Crippen molar-refractivity contribution in [2.75, 3.05) is 39.3 Å². The van der Waals surface area contributed by atoms with E-state index in [1.165, 1.54) is 25.7 Å². The lowest BCUT2D eigenvalue weighted by atomic mass is 9.83. The Morgan fingerprint density at radius 1 is 1.21 bits per heavy atom. The van der Waals surface area contributed by atoms with Gasteiger partial charge < -0.3 is 14.4 Å². The van der Waals surface area contributed by atoms with Crippen molar-refractivity contribution in [3.63, 3.8) is 0 Å². The van der Waals surface area contributed by atoms with Crippen molar-refractivity contribution in [3.8, 4) is 5.88 Å². The predicted molar refractivity (Wildman–Crippen MR) is 112 cm³/mol. The molecule has 0 saturated carbocycles. The van der Waals surface area contributed by atoms with Gasteiger partial charge in [-0.15, -0.1) is 0 Å². The monoisotopic (exact) mass is 401 g/mol. The van der Waals surface area contributed by atoms with E-state index in [4.69, 9.17) is 9.47 Å². The largest absolute Gasteiger partial charge is 0.474 e. The standard InChI is InChI=1S/C23H35N3O3/c1-19-6-10-24-21(16-19)29-20-7-15-28-23(17-20)8-13-26(14-9-23)22(27)18-25-11-4-2-3-5-12-25/h6,10,16,20H,2-5,7-9,11-15,17-18H2,1H3/t20-/m0/s1. The minimum absolute atomic E-state index is 0.136. The third kappa shape index (κ3) is 5.48. The van der Waals surface area contributed by atoms with Crippen LogP contribution >= 0.6 is 0 Å². The molecular formula is C23H35N3O3. The van der Waals surface area contributed by atoms with Crippen LogP contribution in [0, 0.1) is 6.92 Å². The Kier molecular flexibility index (Phi) is 6.70. The summed E-state index contributed by atoms with van der Waals surface area (Å²) in [5.41, 5.74) is 1.01. The van der Waals surface area contributed by atoms with Crippen LogP contribution in [0.3, 0.4) is 0 Å². The van der Waals surface area contributed by atoms with Crippen LogP contribution in [0.4, 0.5) is 0 Å². The van der Waals surface area contributed by atoms with Gasteiger partial charge in [0.25, 0.3) is 0 Å². The normalized spacial score (nSPS) is 25.6. The van der Waals surface area contributed by atoms with Crippen molar-refractivity contribution in [1.29, 1.82) is 0 Å². The fourth-order valence-electron chi connectivity index (χ4n) is 4.92. The molecule has 1 amide bonds. The van der Waals surface area contributed by atoms with Gasteiger partial charge in [-0.25, -0.2) is 4.98 Å². The van der Waals surface area contributed by atoms with E-state index in [0.29, 0.717) is 12.4 Å². The van der Waals surface area contributed by atoms with Gasteiger partial charge >= 0.3 is 0 Å². The average molecular weight is 402 g/mol. The SMILES string of the molecule is Cc1ccnc(O[C@H]2CCOC3(CCN(C(=O)CN4CCCCCC4)CC3)C2)c1. The van der Waals surface area contributed by atoms with Crippen LogP contribution in [0.25, 0.3) is 0 Å². The number of hydrogen-bond donors (Lipinski definition) is 0. The zero-order valence-corrected chi connectivity index (χ0v) is 17.8. The second kappa shape index (κ2) is 9.43. The van der Waals surface area contributed by atoms with Crippen LogP contribution in [-0.2, 0) is 9.53 Å². The van der Waals surface area contributed by atoms with Gasteiger partial charge in [0.15, 0.2) is 0 Å². The number of carbonyl (C=O) groups excluding carboxylic acids is 1. The molecule has 3 fully saturated rings. The molecule has 1 atom stereocenters. The highest BCUT2D eigenvalue weighted by molar-refractivity contribution is 5.78. The van der Waals surface area contributed by atoms with Crippen LogP contribution < -0.4 is 4.74 Å². The number of amides is 1. The van der Waals surface area contributed by atoms with E-state index in [1.54, 1.807) is 6.20 Å². The molecule has 4 rings (SSSR count). The molecule has 0 bridgehead atoms. The average Bonchev–Trinajstić information content (AvgIpc) is 2.97. The molecule has 0 aromatic carbocycles. The number of ether oxygens (including phenoxy) is 2. The lowest BCUT2D eigenvalue weighted by molar-refractivity contribution is -0.152. The minimum atomic E-state index is -0.147. The molecule has 1 aromatic heterocycles. The van der Waals surface area contributed by atoms with Gasteiger partial charge in [0.2, 0.25) is 11.8 Å². The van der Waals surface area contributed by atoms with Gasteiger partial charge in [0, 0.05) is 38.2 Å². The Morgan fingerprint density at radius 3 is 2.69 bits per heavy atom. The third-order valence-electron chi connectivity index (χ3n) is 6.71. The molecule has 6 nitrogen and oxygen atoms in total. The molecule has 0 unspecified atom stereocenters. The first-order valence-electron chi connectivity index (χ1n) is 11.4. The quantitative estimate of drug-likeness (QED) is 0.776. The molecule has 29 heavy (non-hydrogen) atoms.